The van der Waals surface area contributed by atoms with Gasteiger partial charge >= 0.3 is 134 Å². The van der Waals surface area contributed by atoms with E-state index in [1.807, 2.05) is 0 Å². The van der Waals surface area contributed by atoms with E-state index in [1.54, 1.807) is 0 Å². The molecule has 16 rings (SSSR count). The summed E-state index contributed by atoms with van der Waals surface area (Å²) < 4.78 is 0. The molecule has 0 spiro atoms. The Hall–Kier alpha value is 18.8. The quantitative estimate of drug-likeness (QED) is 0.128. The molecule has 0 N–H and O–H groups in total. The van der Waals surface area contributed by atoms with Crippen LogP contribution in [-0.2, 0) is 614 Å². The van der Waals surface area contributed by atoms with Gasteiger partial charge in [0.1, 0.15) is 0 Å². The molecule has 16 aliphatic rings. The molecular formula is C96H180Ag16S20-14. The van der Waals surface area contributed by atoms with E-state index in [1.165, 1.54) is 514 Å². The van der Waals surface area contributed by atoms with Gasteiger partial charge in [-0.25, -0.2) is 0 Å². The Labute approximate surface area is 1190 Å². The van der Waals surface area contributed by atoms with Gasteiger partial charge in [-0.2, -0.15) is 84.0 Å². The van der Waals surface area contributed by atoms with E-state index >= 15 is 0 Å². The van der Waals surface area contributed by atoms with Crippen molar-refractivity contribution in [1.29, 1.82) is 0 Å². The van der Waals surface area contributed by atoms with E-state index in [2.05, 4.69) is 0 Å². The van der Waals surface area contributed by atoms with Gasteiger partial charge in [0.15, 0.2) is 0 Å². The fraction of sp³-hybridized carbons (Fsp3) is 1.00. The first-order valence-electron chi connectivity index (χ1n) is 48.8. The molecule has 16 aliphatic carbocycles. The minimum absolute atomic E-state index is 0. The third-order valence-electron chi connectivity index (χ3n) is 24.8. The standard InChI is InChI=1S/16C6H12S.16Ag.4H2S/c16*7-6-4-2-1-3-5-6;;;;;;;;;;;;;;;;;;;;/h16*6-7H,1-5H2;;;;;;;;;;;;;;;;;4*1H2/q;;;;;;;;;;;;;;;;;;;;;;;;;;6*+1;;;;/p-20. The van der Waals surface area contributed by atoms with Crippen molar-refractivity contribution in [3.63, 3.8) is 0 Å². The monoisotopic (exact) mass is 3680 g/mol. The summed E-state index contributed by atoms with van der Waals surface area (Å²) in [6.07, 6.45) is 109. The van der Waals surface area contributed by atoms with E-state index in [0.29, 0.717) is 84.0 Å². The van der Waals surface area contributed by atoms with Crippen LogP contribution in [0.2, 0.25) is 0 Å². The van der Waals surface area contributed by atoms with Crippen molar-refractivity contribution in [3.05, 3.63) is 0 Å². The van der Waals surface area contributed by atoms with Crippen molar-refractivity contribution in [2.45, 2.75) is 598 Å². The maximum Gasteiger partial charge on any atom is 1.00 e. The van der Waals surface area contributed by atoms with Crippen molar-refractivity contribution in [2.75, 3.05) is 0 Å². The molecule has 0 aromatic rings. The van der Waals surface area contributed by atoms with Crippen LogP contribution < -0.4 is 0 Å². The van der Waals surface area contributed by atoms with E-state index < -0.39 is 0 Å². The molecule has 874 valence electrons. The second-order valence-corrected chi connectivity index (χ2v) is 46.8. The first-order chi connectivity index (χ1) is 54.3. The molecule has 0 bridgehead atoms. The van der Waals surface area contributed by atoms with Crippen molar-refractivity contribution >= 4 is 256 Å². The smallest absolute Gasteiger partial charge is 0.813 e. The maximum absolute atomic E-state index is 5.09. The van der Waals surface area contributed by atoms with Crippen LogP contribution in [0.1, 0.15) is 514 Å². The summed E-state index contributed by atoms with van der Waals surface area (Å²) in [5, 5.41) is 9.91. The molecule has 0 saturated heterocycles. The van der Waals surface area contributed by atoms with Crippen LogP contribution in [0.5, 0.6) is 0 Å². The molecule has 36 heteroatoms. The van der Waals surface area contributed by atoms with E-state index in [9.17, 15) is 0 Å². The minimum Gasteiger partial charge on any atom is -0.813 e. The van der Waals surface area contributed by atoms with Crippen molar-refractivity contribution in [2.24, 2.45) is 0 Å². The van der Waals surface area contributed by atoms with Gasteiger partial charge < -0.3 is 256 Å². The van der Waals surface area contributed by atoms with Gasteiger partial charge in [-0.1, -0.05) is 514 Å². The fourth-order valence-electron chi connectivity index (χ4n) is 17.0. The second kappa shape index (κ2) is 154. The van der Waals surface area contributed by atoms with Crippen LogP contribution in [0.25, 0.3) is 0 Å². The first-order valence-corrected chi connectivity index (χ1v) is 56.4. The minimum atomic E-state index is 0. The maximum atomic E-state index is 5.09. The molecule has 132 heavy (non-hydrogen) atoms. The molecule has 0 nitrogen and oxygen atoms in total. The Morgan fingerprint density at radius 2 is 0.106 bits per heavy atom. The summed E-state index contributed by atoms with van der Waals surface area (Å²) in [7, 11) is 0. The van der Waals surface area contributed by atoms with Crippen molar-refractivity contribution < 1.29 is 358 Å². The van der Waals surface area contributed by atoms with Gasteiger partial charge in [0.25, 0.3) is 0 Å². The Balaban J connectivity index is -0.0000000558. The SMILES string of the molecule is [Ag+].[Ag+].[Ag+].[Ag+].[Ag+].[Ag+].[Ag].[Ag].[Ag].[Ag].[Ag].[Ag].[Ag].[Ag].[Ag].[Ag].[S-]C1CCCCC1.[S-]C1CCCCC1.[S-]C1CCCCC1.[S-]C1CCCCC1.[S-]C1CCCCC1.[S-]C1CCCCC1.[S-]C1CCCCC1.[S-]C1CCCCC1.[S-]C1CCCCC1.[S-]C1CCCCC1.[S-]C1CCCCC1.[S-]C1CCCCC1.[S-]C1CCCCC1.[S-]C1CCCCC1.[S-]C1CCCCC1.[S-]C1CCCCC1.[SH-].[SH-].[SH-].[SH-]. The van der Waals surface area contributed by atoms with E-state index in [4.69, 9.17) is 202 Å². The summed E-state index contributed by atoms with van der Waals surface area (Å²) in [6, 6.07) is 0. The summed E-state index contributed by atoms with van der Waals surface area (Å²) in [5.74, 6) is 0. The number of rotatable bonds is 0. The van der Waals surface area contributed by atoms with Gasteiger partial charge in [-0.05, 0) is 0 Å². The molecule has 0 aliphatic heterocycles. The van der Waals surface area contributed by atoms with Crippen LogP contribution in [-0.4, -0.2) is 84.0 Å². The zero-order valence-electron chi connectivity index (χ0n) is 79.0. The number of hydrogen-bond acceptors (Lipinski definition) is 20. The van der Waals surface area contributed by atoms with Gasteiger partial charge in [-0.3, -0.25) is 0 Å². The van der Waals surface area contributed by atoms with Crippen LogP contribution in [0.15, 0.2) is 0 Å². The van der Waals surface area contributed by atoms with Crippen LogP contribution in [0.4, 0.5) is 0 Å². The predicted octanol–water partition coefficient (Wildman–Crippen LogP) is 28.7. The van der Waals surface area contributed by atoms with Gasteiger partial charge in [0, 0.05) is 224 Å². The molecular weight excluding hydrogens is 3520 g/mol. The van der Waals surface area contributed by atoms with Gasteiger partial charge in [0.2, 0.25) is 0 Å². The fourth-order valence-corrected chi connectivity index (χ4v) is 22.4. The summed E-state index contributed by atoms with van der Waals surface area (Å²) in [6.45, 7) is 0. The first kappa shape index (κ1) is 198. The van der Waals surface area contributed by atoms with E-state index in [-0.39, 0.29) is 412 Å². The summed E-state index contributed by atoms with van der Waals surface area (Å²) in [5.41, 5.74) is 0. The zero-order valence-corrected chi connectivity index (χ0v) is 119. The number of hydrogen-bond donors (Lipinski definition) is 0. The molecule has 0 amide bonds. The molecule has 0 unspecified atom stereocenters. The van der Waals surface area contributed by atoms with Crippen molar-refractivity contribution in [1.82, 2.24) is 0 Å². The Kier molecular flexibility index (Phi) is 231. The normalized spacial score (nSPS) is 21.5. The Morgan fingerprint density at radius 3 is 0.121 bits per heavy atom. The zero-order chi connectivity index (χ0) is 81.8. The van der Waals surface area contributed by atoms with Gasteiger partial charge in [-0.15, -0.1) is 0 Å². The largest absolute Gasteiger partial charge is 1.00 e. The third-order valence-corrected chi connectivity index (χ3v) is 32.4. The van der Waals surface area contributed by atoms with Gasteiger partial charge in [0.05, 0.1) is 0 Å². The average Bonchev–Trinajstić information content (AvgIpc) is 1.21. The molecule has 0 atom stereocenters. The topological polar surface area (TPSA) is 0 Å². The van der Waals surface area contributed by atoms with E-state index in [0.717, 1.165) is 0 Å². The Morgan fingerprint density at radius 1 is 0.0758 bits per heavy atom. The third kappa shape index (κ3) is 151. The van der Waals surface area contributed by atoms with Crippen LogP contribution in [0.3, 0.4) is 0 Å². The molecule has 16 fully saturated rings. The van der Waals surface area contributed by atoms with Crippen molar-refractivity contribution in [3.8, 4) is 0 Å². The molecule has 16 saturated carbocycles. The molecule has 0 aromatic carbocycles. The predicted molar refractivity (Wildman–Crippen MR) is 583 cm³/mol. The summed E-state index contributed by atoms with van der Waals surface area (Å²) >= 11 is 81.4. The van der Waals surface area contributed by atoms with Crippen LogP contribution >= 0.6 is 0 Å². The van der Waals surface area contributed by atoms with Crippen LogP contribution in [0, 0.1) is 0 Å². The molecule has 0 heterocycles. The Bertz CT molecular complexity index is 1330. The second-order valence-electron chi connectivity index (χ2n) is 36.2. The average molecular weight is 3700 g/mol. The molecule has 0 aromatic heterocycles. The summed E-state index contributed by atoms with van der Waals surface area (Å²) in [4.78, 5) is 0. The number of thiol groups is 4. The molecule has 10 radical (unpaired) electrons.